The van der Waals surface area contributed by atoms with Crippen molar-refractivity contribution in [1.82, 2.24) is 4.90 Å². The fourth-order valence-corrected chi connectivity index (χ4v) is 4.70. The lowest BCUT2D eigenvalue weighted by atomic mass is 10.2. The molecule has 1 aliphatic rings. The van der Waals surface area contributed by atoms with Crippen LogP contribution >= 0.6 is 11.8 Å². The fourth-order valence-electron chi connectivity index (χ4n) is 3.78. The molecule has 0 radical (unpaired) electrons. The smallest absolute Gasteiger partial charge is 0.267 e. The molecule has 1 aromatic heterocycles. The molecule has 4 aromatic rings. The highest BCUT2D eigenvalue weighted by Gasteiger charge is 2.34. The third kappa shape index (κ3) is 6.22. The quantitative estimate of drug-likeness (QED) is 0.145. The van der Waals surface area contributed by atoms with Gasteiger partial charge in [0, 0.05) is 5.56 Å². The van der Waals surface area contributed by atoms with E-state index in [-0.39, 0.29) is 12.5 Å². The van der Waals surface area contributed by atoms with E-state index in [0.717, 1.165) is 22.4 Å². The Labute approximate surface area is 225 Å². The number of thioether (sulfide) groups is 1. The molecule has 1 aliphatic heterocycles. The first kappa shape index (κ1) is 25.1. The van der Waals surface area contributed by atoms with Crippen molar-refractivity contribution in [3.8, 4) is 11.5 Å². The summed E-state index contributed by atoms with van der Waals surface area (Å²) in [6, 6.07) is 28.8. The molecule has 0 aliphatic carbocycles. The van der Waals surface area contributed by atoms with Gasteiger partial charge in [0.1, 0.15) is 23.9 Å². The van der Waals surface area contributed by atoms with Gasteiger partial charge in [0.25, 0.3) is 5.91 Å². The molecule has 1 fully saturated rings. The van der Waals surface area contributed by atoms with Gasteiger partial charge in [0.15, 0.2) is 5.17 Å². The second-order valence-electron chi connectivity index (χ2n) is 8.30. The van der Waals surface area contributed by atoms with Crippen LogP contribution in [-0.4, -0.2) is 29.3 Å². The highest BCUT2D eigenvalue weighted by Crippen LogP contribution is 2.35. The van der Waals surface area contributed by atoms with Gasteiger partial charge in [-0.1, -0.05) is 60.7 Å². The monoisotopic (exact) mass is 523 g/mol. The number of methoxy groups -OCH3 is 1. The van der Waals surface area contributed by atoms with E-state index in [2.05, 4.69) is 10.2 Å². The Hall–Kier alpha value is -4.56. The lowest BCUT2D eigenvalue weighted by molar-refractivity contribution is -0.122. The molecule has 3 aromatic carbocycles. The fraction of sp³-hybridized carbons (Fsp3) is 0.100. The summed E-state index contributed by atoms with van der Waals surface area (Å²) in [5.74, 6) is 1.89. The molecular weight excluding hydrogens is 498 g/mol. The van der Waals surface area contributed by atoms with Crippen molar-refractivity contribution >= 4 is 35.1 Å². The maximum Gasteiger partial charge on any atom is 0.267 e. The average molecular weight is 524 g/mol. The highest BCUT2D eigenvalue weighted by molar-refractivity contribution is 8.18. The number of para-hydroxylation sites is 1. The number of furan rings is 1. The first-order valence-electron chi connectivity index (χ1n) is 11.9. The summed E-state index contributed by atoms with van der Waals surface area (Å²) in [6.45, 7) is 0.727. The van der Waals surface area contributed by atoms with Gasteiger partial charge in [-0.2, -0.15) is 5.10 Å². The van der Waals surface area contributed by atoms with E-state index in [4.69, 9.17) is 13.9 Å². The van der Waals surface area contributed by atoms with Gasteiger partial charge in [0.05, 0.1) is 31.0 Å². The molecule has 5 rings (SSSR count). The van der Waals surface area contributed by atoms with Crippen LogP contribution in [0.3, 0.4) is 0 Å². The number of ether oxygens (including phenoxy) is 2. The molecule has 190 valence electrons. The summed E-state index contributed by atoms with van der Waals surface area (Å²) in [5.41, 5.74) is 2.73. The minimum Gasteiger partial charge on any atom is -0.496 e. The van der Waals surface area contributed by atoms with E-state index in [1.54, 1.807) is 36.6 Å². The number of rotatable bonds is 9. The van der Waals surface area contributed by atoms with E-state index in [0.29, 0.717) is 28.2 Å². The molecular formula is C30H25N3O4S. The van der Waals surface area contributed by atoms with Gasteiger partial charge in [-0.25, -0.2) is 0 Å². The topological polar surface area (TPSA) is 76.6 Å². The number of benzene rings is 3. The van der Waals surface area contributed by atoms with Gasteiger partial charge in [-0.15, -0.1) is 5.10 Å². The lowest BCUT2D eigenvalue weighted by Crippen LogP contribution is -2.28. The first-order valence-corrected chi connectivity index (χ1v) is 12.8. The number of hydrogen-bond donors (Lipinski definition) is 0. The van der Waals surface area contributed by atoms with Gasteiger partial charge >= 0.3 is 0 Å². The van der Waals surface area contributed by atoms with Crippen LogP contribution < -0.4 is 9.47 Å². The summed E-state index contributed by atoms with van der Waals surface area (Å²) in [7, 11) is 1.60. The van der Waals surface area contributed by atoms with Crippen molar-refractivity contribution in [2.75, 3.05) is 7.11 Å². The molecule has 2 heterocycles. The summed E-state index contributed by atoms with van der Waals surface area (Å²) >= 11 is 1.26. The van der Waals surface area contributed by atoms with Crippen molar-refractivity contribution < 1.29 is 18.7 Å². The zero-order valence-corrected chi connectivity index (χ0v) is 21.5. The molecule has 0 unspecified atom stereocenters. The van der Waals surface area contributed by atoms with Crippen LogP contribution in [0.25, 0.3) is 6.08 Å². The normalized spacial score (nSPS) is 15.6. The molecule has 0 atom stereocenters. The van der Waals surface area contributed by atoms with Crippen molar-refractivity contribution in [3.05, 3.63) is 125 Å². The van der Waals surface area contributed by atoms with Crippen LogP contribution in [0.5, 0.6) is 11.5 Å². The standard InChI is InChI=1S/C30H25N3O4S/c1-35-27-15-6-5-12-24(27)18-28-29(34)33(20-26-14-8-16-36-26)30(38-28)32-31-19-23-11-7-13-25(17-23)37-21-22-9-3-2-4-10-22/h2-19H,20-21H2,1H3/b28-18-,31-19-,32-30+. The van der Waals surface area contributed by atoms with E-state index in [9.17, 15) is 4.79 Å². The summed E-state index contributed by atoms with van der Waals surface area (Å²) in [6.07, 6.45) is 5.03. The van der Waals surface area contributed by atoms with E-state index in [1.165, 1.54) is 11.8 Å². The maximum atomic E-state index is 13.3. The van der Waals surface area contributed by atoms with E-state index >= 15 is 0 Å². The van der Waals surface area contributed by atoms with Crippen LogP contribution in [0, 0.1) is 0 Å². The second-order valence-corrected chi connectivity index (χ2v) is 9.31. The van der Waals surface area contributed by atoms with Crippen LogP contribution in [0.1, 0.15) is 22.5 Å². The third-order valence-electron chi connectivity index (χ3n) is 5.66. The number of nitrogens with zero attached hydrogens (tertiary/aromatic N) is 3. The predicted molar refractivity (Wildman–Crippen MR) is 150 cm³/mol. The van der Waals surface area contributed by atoms with Crippen LogP contribution in [-0.2, 0) is 17.9 Å². The second kappa shape index (κ2) is 12.1. The highest BCUT2D eigenvalue weighted by atomic mass is 32.2. The summed E-state index contributed by atoms with van der Waals surface area (Å²) in [5, 5.41) is 9.13. The van der Waals surface area contributed by atoms with Gasteiger partial charge in [-0.05, 0) is 59.3 Å². The number of hydrogen-bond acceptors (Lipinski definition) is 7. The Morgan fingerprint density at radius 2 is 1.82 bits per heavy atom. The molecule has 0 spiro atoms. The zero-order chi connectivity index (χ0) is 26.2. The molecule has 0 saturated carbocycles. The largest absolute Gasteiger partial charge is 0.496 e. The Balaban J connectivity index is 1.35. The number of carbonyl (C=O) groups excluding carboxylic acids is 1. The molecule has 1 saturated heterocycles. The Morgan fingerprint density at radius 1 is 0.974 bits per heavy atom. The molecule has 7 nitrogen and oxygen atoms in total. The summed E-state index contributed by atoms with van der Waals surface area (Å²) in [4.78, 5) is 15.4. The van der Waals surface area contributed by atoms with Crippen molar-refractivity contribution in [1.29, 1.82) is 0 Å². The Morgan fingerprint density at radius 3 is 2.63 bits per heavy atom. The van der Waals surface area contributed by atoms with E-state index < -0.39 is 0 Å². The molecule has 8 heteroatoms. The Kier molecular flexibility index (Phi) is 8.01. The third-order valence-corrected chi connectivity index (χ3v) is 6.66. The van der Waals surface area contributed by atoms with Crippen LogP contribution in [0.2, 0.25) is 0 Å². The minimum atomic E-state index is -0.178. The minimum absolute atomic E-state index is 0.178. The average Bonchev–Trinajstić information content (AvgIpc) is 3.57. The number of amides is 1. The molecule has 0 N–H and O–H groups in total. The maximum absolute atomic E-state index is 13.3. The molecule has 0 bridgehead atoms. The van der Waals surface area contributed by atoms with Gasteiger partial charge < -0.3 is 13.9 Å². The lowest BCUT2D eigenvalue weighted by Gasteiger charge is -2.12. The predicted octanol–water partition coefficient (Wildman–Crippen LogP) is 6.37. The SMILES string of the molecule is COc1ccccc1/C=C1\S/C(=N/N=C\c2cccc(OCc3ccccc3)c2)N(Cc2ccco2)C1=O. The number of amidine groups is 1. The van der Waals surface area contributed by atoms with Gasteiger partial charge in [0.2, 0.25) is 0 Å². The molecule has 38 heavy (non-hydrogen) atoms. The molecule has 1 amide bonds. The first-order chi connectivity index (χ1) is 18.7. The Bertz CT molecular complexity index is 1480. The van der Waals surface area contributed by atoms with Gasteiger partial charge in [-0.3, -0.25) is 9.69 Å². The van der Waals surface area contributed by atoms with Crippen molar-refractivity contribution in [3.63, 3.8) is 0 Å². The van der Waals surface area contributed by atoms with Crippen LogP contribution in [0.15, 0.2) is 117 Å². The van der Waals surface area contributed by atoms with Crippen LogP contribution in [0.4, 0.5) is 0 Å². The van der Waals surface area contributed by atoms with E-state index in [1.807, 2.05) is 84.9 Å². The summed E-state index contributed by atoms with van der Waals surface area (Å²) < 4.78 is 16.8. The number of carbonyl (C=O) groups is 1. The van der Waals surface area contributed by atoms with Crippen molar-refractivity contribution in [2.24, 2.45) is 10.2 Å². The zero-order valence-electron chi connectivity index (χ0n) is 20.7. The van der Waals surface area contributed by atoms with Crippen molar-refractivity contribution in [2.45, 2.75) is 13.2 Å².